The molecular formula is C14H24O2. The number of hydrogen-bond donors (Lipinski definition) is 1. The number of carboxylic acid groups (broad SMARTS) is 1. The molecule has 0 amide bonds. The van der Waals surface area contributed by atoms with E-state index in [1.54, 1.807) is 0 Å². The van der Waals surface area contributed by atoms with E-state index in [4.69, 9.17) is 5.11 Å². The van der Waals surface area contributed by atoms with Gasteiger partial charge < -0.3 is 5.11 Å². The van der Waals surface area contributed by atoms with Crippen molar-refractivity contribution in [1.82, 2.24) is 0 Å². The van der Waals surface area contributed by atoms with Gasteiger partial charge in [-0.1, -0.05) is 43.9 Å². The van der Waals surface area contributed by atoms with Gasteiger partial charge in [-0.3, -0.25) is 4.79 Å². The first-order valence-electron chi connectivity index (χ1n) is 6.25. The molecule has 0 radical (unpaired) electrons. The average Bonchev–Trinajstić information content (AvgIpc) is 2.25. The van der Waals surface area contributed by atoms with Crippen molar-refractivity contribution in [2.75, 3.05) is 0 Å². The molecule has 0 atom stereocenters. The van der Waals surface area contributed by atoms with E-state index in [1.165, 1.54) is 25.7 Å². The summed E-state index contributed by atoms with van der Waals surface area (Å²) in [5.74, 6) is -0.674. The number of allylic oxidation sites excluding steroid dienone is 3. The largest absolute Gasteiger partial charge is 0.481 e. The van der Waals surface area contributed by atoms with Gasteiger partial charge in [-0.2, -0.15) is 0 Å². The van der Waals surface area contributed by atoms with Gasteiger partial charge in [0.1, 0.15) is 0 Å². The Labute approximate surface area is 99.1 Å². The highest BCUT2D eigenvalue weighted by Gasteiger charge is 1.95. The number of hydrogen-bond acceptors (Lipinski definition) is 1. The molecule has 2 nitrogen and oxygen atoms in total. The zero-order chi connectivity index (χ0) is 12.1. The van der Waals surface area contributed by atoms with Crippen LogP contribution in [0, 0.1) is 0 Å². The fraction of sp³-hybridized carbons (Fsp3) is 0.643. The van der Waals surface area contributed by atoms with E-state index in [-0.39, 0.29) is 0 Å². The molecule has 0 saturated heterocycles. The van der Waals surface area contributed by atoms with E-state index < -0.39 is 5.97 Å². The van der Waals surface area contributed by atoms with Crippen LogP contribution in [-0.2, 0) is 4.79 Å². The standard InChI is InChI=1S/C14H24O2/c1-2-3-4-5-6-7-8-9-10-11-12-13-14(15)16/h2,4-5H,1,3,6-13H2,(H,15,16)/b5-4-. The van der Waals surface area contributed by atoms with Gasteiger partial charge >= 0.3 is 5.97 Å². The van der Waals surface area contributed by atoms with Gasteiger partial charge in [-0.15, -0.1) is 6.58 Å². The molecule has 0 aromatic heterocycles. The summed E-state index contributed by atoms with van der Waals surface area (Å²) >= 11 is 0. The second-order valence-corrected chi connectivity index (χ2v) is 4.05. The summed E-state index contributed by atoms with van der Waals surface area (Å²) in [5, 5.41) is 8.44. The Morgan fingerprint density at radius 2 is 1.62 bits per heavy atom. The number of carboxylic acids is 1. The Kier molecular flexibility index (Phi) is 11.2. The van der Waals surface area contributed by atoms with Crippen LogP contribution in [0.3, 0.4) is 0 Å². The lowest BCUT2D eigenvalue weighted by Gasteiger charge is -1.99. The Morgan fingerprint density at radius 1 is 1.00 bits per heavy atom. The van der Waals surface area contributed by atoms with Crippen molar-refractivity contribution in [2.24, 2.45) is 0 Å². The first-order chi connectivity index (χ1) is 7.77. The van der Waals surface area contributed by atoms with E-state index in [1.807, 2.05) is 6.08 Å². The third-order valence-corrected chi connectivity index (χ3v) is 2.48. The van der Waals surface area contributed by atoms with E-state index in [0.29, 0.717) is 6.42 Å². The van der Waals surface area contributed by atoms with E-state index in [2.05, 4.69) is 18.7 Å². The lowest BCUT2D eigenvalue weighted by molar-refractivity contribution is -0.137. The summed E-state index contributed by atoms with van der Waals surface area (Å²) in [7, 11) is 0. The highest BCUT2D eigenvalue weighted by molar-refractivity contribution is 5.66. The molecule has 0 fully saturated rings. The maximum Gasteiger partial charge on any atom is 0.303 e. The van der Waals surface area contributed by atoms with Crippen molar-refractivity contribution >= 4 is 5.97 Å². The molecule has 0 bridgehead atoms. The second kappa shape index (κ2) is 12.0. The summed E-state index contributed by atoms with van der Waals surface area (Å²) in [6.07, 6.45) is 15.5. The highest BCUT2D eigenvalue weighted by atomic mass is 16.4. The Bertz CT molecular complexity index is 207. The summed E-state index contributed by atoms with van der Waals surface area (Å²) < 4.78 is 0. The van der Waals surface area contributed by atoms with Gasteiger partial charge in [0.15, 0.2) is 0 Å². The molecular weight excluding hydrogens is 200 g/mol. The normalized spacial score (nSPS) is 10.8. The molecule has 16 heavy (non-hydrogen) atoms. The van der Waals surface area contributed by atoms with Crippen LogP contribution in [0.1, 0.15) is 57.8 Å². The number of unbranched alkanes of at least 4 members (excludes halogenated alkanes) is 6. The predicted molar refractivity (Wildman–Crippen MR) is 68.5 cm³/mol. The average molecular weight is 224 g/mol. The zero-order valence-corrected chi connectivity index (χ0v) is 10.2. The van der Waals surface area contributed by atoms with Crippen molar-refractivity contribution < 1.29 is 9.90 Å². The van der Waals surface area contributed by atoms with Gasteiger partial charge in [-0.25, -0.2) is 0 Å². The maximum atomic E-state index is 10.2. The second-order valence-electron chi connectivity index (χ2n) is 4.05. The Morgan fingerprint density at radius 3 is 2.25 bits per heavy atom. The first-order valence-corrected chi connectivity index (χ1v) is 6.25. The lowest BCUT2D eigenvalue weighted by atomic mass is 10.1. The smallest absolute Gasteiger partial charge is 0.303 e. The van der Waals surface area contributed by atoms with Gasteiger partial charge in [0.25, 0.3) is 0 Å². The van der Waals surface area contributed by atoms with E-state index >= 15 is 0 Å². The fourth-order valence-corrected chi connectivity index (χ4v) is 1.56. The SMILES string of the molecule is C=CC/C=C\CCCCCCCCC(=O)O. The molecule has 0 spiro atoms. The van der Waals surface area contributed by atoms with Crippen LogP contribution in [0.25, 0.3) is 0 Å². The Hall–Kier alpha value is -1.05. The summed E-state index contributed by atoms with van der Waals surface area (Å²) in [6, 6.07) is 0. The van der Waals surface area contributed by atoms with Crippen molar-refractivity contribution in [3.63, 3.8) is 0 Å². The van der Waals surface area contributed by atoms with Crippen molar-refractivity contribution in [3.05, 3.63) is 24.8 Å². The molecule has 92 valence electrons. The van der Waals surface area contributed by atoms with Crippen molar-refractivity contribution in [1.29, 1.82) is 0 Å². The lowest BCUT2D eigenvalue weighted by Crippen LogP contribution is -1.93. The maximum absolute atomic E-state index is 10.2. The van der Waals surface area contributed by atoms with Gasteiger partial charge in [-0.05, 0) is 25.7 Å². The van der Waals surface area contributed by atoms with Crippen LogP contribution in [0.5, 0.6) is 0 Å². The third-order valence-electron chi connectivity index (χ3n) is 2.48. The van der Waals surface area contributed by atoms with E-state index in [0.717, 1.165) is 25.7 Å². The van der Waals surface area contributed by atoms with E-state index in [9.17, 15) is 4.79 Å². The quantitative estimate of drug-likeness (QED) is 0.419. The summed E-state index contributed by atoms with van der Waals surface area (Å²) in [6.45, 7) is 3.66. The number of aliphatic carboxylic acids is 1. The Balaban J connectivity index is 3.04. The first kappa shape index (κ1) is 14.9. The van der Waals surface area contributed by atoms with Crippen LogP contribution < -0.4 is 0 Å². The van der Waals surface area contributed by atoms with Crippen LogP contribution >= 0.6 is 0 Å². The minimum atomic E-state index is -0.674. The van der Waals surface area contributed by atoms with Crippen LogP contribution in [0.15, 0.2) is 24.8 Å². The molecule has 0 rings (SSSR count). The molecule has 0 aliphatic carbocycles. The van der Waals surface area contributed by atoms with Crippen LogP contribution in [0.2, 0.25) is 0 Å². The fourth-order valence-electron chi connectivity index (χ4n) is 1.56. The topological polar surface area (TPSA) is 37.3 Å². The highest BCUT2D eigenvalue weighted by Crippen LogP contribution is 2.08. The minimum absolute atomic E-state index is 0.324. The number of carbonyl (C=O) groups is 1. The summed E-state index contributed by atoms with van der Waals surface area (Å²) in [4.78, 5) is 10.2. The molecule has 1 N–H and O–H groups in total. The predicted octanol–water partition coefficient (Wildman–Crippen LogP) is 4.32. The molecule has 0 saturated carbocycles. The molecule has 0 aliphatic rings. The van der Waals surface area contributed by atoms with Crippen LogP contribution in [-0.4, -0.2) is 11.1 Å². The number of rotatable bonds is 11. The van der Waals surface area contributed by atoms with Crippen LogP contribution in [0.4, 0.5) is 0 Å². The van der Waals surface area contributed by atoms with Gasteiger partial charge in [0.05, 0.1) is 0 Å². The minimum Gasteiger partial charge on any atom is -0.481 e. The summed E-state index contributed by atoms with van der Waals surface area (Å²) in [5.41, 5.74) is 0. The van der Waals surface area contributed by atoms with Gasteiger partial charge in [0, 0.05) is 6.42 Å². The molecule has 0 aliphatic heterocycles. The van der Waals surface area contributed by atoms with Crippen molar-refractivity contribution in [2.45, 2.75) is 57.8 Å². The molecule has 2 heteroatoms. The molecule has 0 heterocycles. The van der Waals surface area contributed by atoms with Crippen molar-refractivity contribution in [3.8, 4) is 0 Å². The van der Waals surface area contributed by atoms with Gasteiger partial charge in [0.2, 0.25) is 0 Å². The molecule has 0 unspecified atom stereocenters. The molecule has 0 aromatic carbocycles. The monoisotopic (exact) mass is 224 g/mol. The third kappa shape index (κ3) is 12.9. The molecule has 0 aromatic rings. The zero-order valence-electron chi connectivity index (χ0n) is 10.2.